The molecule has 0 unspecified atom stereocenters. The predicted molar refractivity (Wildman–Crippen MR) is 41.7 cm³/mol. The minimum Gasteiger partial charge on any atom is -0.334 e. The molecule has 2 heterocycles. The molecule has 53 valence electrons. The Morgan fingerprint density at radius 1 is 1.64 bits per heavy atom. The van der Waals surface area contributed by atoms with Crippen molar-refractivity contribution >= 4 is 35.8 Å². The van der Waals surface area contributed by atoms with Crippen LogP contribution in [0.1, 0.15) is 22.7 Å². The average Bonchev–Trinajstić information content (AvgIpc) is 2.42. The molecule has 2 rings (SSSR count). The predicted octanol–water partition coefficient (Wildman–Crippen LogP) is 0.261. The number of rotatable bonds is 1. The fraction of sp³-hybridized carbons (Fsp3) is 0.429. The van der Waals surface area contributed by atoms with Gasteiger partial charge in [-0.1, -0.05) is 0 Å². The minimum absolute atomic E-state index is 0. The Morgan fingerprint density at radius 2 is 2.45 bits per heavy atom. The fourth-order valence-corrected chi connectivity index (χ4v) is 1.33. The zero-order valence-corrected chi connectivity index (χ0v) is 8.58. The first kappa shape index (κ1) is 8.97. The molecule has 1 aliphatic rings. The molecule has 0 saturated carbocycles. The van der Waals surface area contributed by atoms with Crippen LogP contribution >= 0.6 is 0 Å². The maximum absolute atomic E-state index is 10.2. The summed E-state index contributed by atoms with van der Waals surface area (Å²) >= 11 is 0. The van der Waals surface area contributed by atoms with Gasteiger partial charge in [0.25, 0.3) is 0 Å². The summed E-state index contributed by atoms with van der Waals surface area (Å²) in [5.74, 6) is 1.06. The minimum atomic E-state index is 0. The molecule has 0 aliphatic carbocycles. The molecule has 0 N–H and O–H groups in total. The van der Waals surface area contributed by atoms with Crippen LogP contribution in [0.3, 0.4) is 0 Å². The van der Waals surface area contributed by atoms with Gasteiger partial charge in [-0.2, -0.15) is 0 Å². The molecule has 0 bridgehead atoms. The first-order valence-electron chi connectivity index (χ1n) is 3.41. The van der Waals surface area contributed by atoms with Crippen molar-refractivity contribution in [1.29, 1.82) is 0 Å². The van der Waals surface area contributed by atoms with Crippen LogP contribution in [0, 0.1) is 0 Å². The number of aromatic nitrogens is 2. The van der Waals surface area contributed by atoms with Gasteiger partial charge in [0.1, 0.15) is 11.5 Å². The van der Waals surface area contributed by atoms with Gasteiger partial charge in [0.05, 0.1) is 0 Å². The standard InChI is InChI=1S/C7H8N2O.Na/c10-5-6-4-9-3-1-2-7(9)8-6;/h4-5H,1-3H2;. The van der Waals surface area contributed by atoms with Gasteiger partial charge in [-0.3, -0.25) is 4.79 Å². The summed E-state index contributed by atoms with van der Waals surface area (Å²) in [5, 5.41) is 0. The molecule has 0 atom stereocenters. The summed E-state index contributed by atoms with van der Waals surface area (Å²) in [6.07, 6.45) is 4.80. The number of aryl methyl sites for hydroxylation is 2. The molecular weight excluding hydrogens is 151 g/mol. The summed E-state index contributed by atoms with van der Waals surface area (Å²) in [6, 6.07) is 0. The third-order valence-corrected chi connectivity index (χ3v) is 1.80. The van der Waals surface area contributed by atoms with E-state index in [0.717, 1.165) is 25.1 Å². The molecule has 1 aliphatic heterocycles. The van der Waals surface area contributed by atoms with Crippen LogP contribution in [-0.2, 0) is 13.0 Å². The number of aldehydes is 1. The van der Waals surface area contributed by atoms with Crippen LogP contribution in [0.4, 0.5) is 0 Å². The normalized spacial score (nSPS) is 13.8. The molecule has 11 heavy (non-hydrogen) atoms. The van der Waals surface area contributed by atoms with Crippen LogP contribution < -0.4 is 0 Å². The average molecular weight is 159 g/mol. The Kier molecular flexibility index (Phi) is 2.87. The number of carbonyl (C=O) groups excluding carboxylic acids is 1. The second kappa shape index (κ2) is 3.52. The number of hydrogen-bond donors (Lipinski definition) is 0. The molecule has 0 aromatic carbocycles. The van der Waals surface area contributed by atoms with E-state index in [0.29, 0.717) is 5.69 Å². The van der Waals surface area contributed by atoms with Gasteiger partial charge >= 0.3 is 0 Å². The van der Waals surface area contributed by atoms with Gasteiger partial charge in [-0.25, -0.2) is 4.98 Å². The van der Waals surface area contributed by atoms with Crippen molar-refractivity contribution in [2.75, 3.05) is 0 Å². The van der Waals surface area contributed by atoms with Gasteiger partial charge in [-0.05, 0) is 6.42 Å². The zero-order valence-electron chi connectivity index (χ0n) is 6.58. The molecule has 3 nitrogen and oxygen atoms in total. The van der Waals surface area contributed by atoms with Gasteiger partial charge in [0.2, 0.25) is 0 Å². The van der Waals surface area contributed by atoms with Gasteiger partial charge in [-0.15, -0.1) is 0 Å². The van der Waals surface area contributed by atoms with Crippen molar-refractivity contribution in [3.05, 3.63) is 17.7 Å². The number of imidazole rings is 1. The number of nitrogens with zero attached hydrogens (tertiary/aromatic N) is 2. The summed E-state index contributed by atoms with van der Waals surface area (Å²) < 4.78 is 2.05. The van der Waals surface area contributed by atoms with Crippen molar-refractivity contribution in [2.24, 2.45) is 0 Å². The maximum Gasteiger partial charge on any atom is 0.170 e. The second-order valence-electron chi connectivity index (χ2n) is 2.50. The van der Waals surface area contributed by atoms with Crippen molar-refractivity contribution in [3.8, 4) is 0 Å². The molecule has 0 amide bonds. The number of hydrogen-bond acceptors (Lipinski definition) is 2. The molecule has 1 radical (unpaired) electrons. The van der Waals surface area contributed by atoms with E-state index in [9.17, 15) is 4.79 Å². The topological polar surface area (TPSA) is 34.9 Å². The quantitative estimate of drug-likeness (QED) is 0.435. The Morgan fingerprint density at radius 3 is 3.09 bits per heavy atom. The summed E-state index contributed by atoms with van der Waals surface area (Å²) in [5.41, 5.74) is 0.565. The van der Waals surface area contributed by atoms with Crippen LogP contribution in [0.15, 0.2) is 6.20 Å². The van der Waals surface area contributed by atoms with E-state index in [-0.39, 0.29) is 29.6 Å². The largest absolute Gasteiger partial charge is 0.334 e. The summed E-state index contributed by atoms with van der Waals surface area (Å²) in [6.45, 7) is 1.02. The van der Waals surface area contributed by atoms with Crippen molar-refractivity contribution < 1.29 is 4.79 Å². The molecule has 4 heteroatoms. The van der Waals surface area contributed by atoms with Gasteiger partial charge < -0.3 is 4.57 Å². The van der Waals surface area contributed by atoms with E-state index < -0.39 is 0 Å². The van der Waals surface area contributed by atoms with E-state index >= 15 is 0 Å². The van der Waals surface area contributed by atoms with E-state index in [4.69, 9.17) is 0 Å². The molecular formula is C7H8N2NaO. The van der Waals surface area contributed by atoms with Gasteiger partial charge in [0, 0.05) is 48.7 Å². The van der Waals surface area contributed by atoms with Crippen molar-refractivity contribution in [2.45, 2.75) is 19.4 Å². The summed E-state index contributed by atoms with van der Waals surface area (Å²) in [7, 11) is 0. The van der Waals surface area contributed by atoms with Gasteiger partial charge in [0.15, 0.2) is 6.29 Å². The SMILES string of the molecule is O=Cc1cn2c(n1)CCC2.[Na]. The number of carbonyl (C=O) groups is 1. The monoisotopic (exact) mass is 159 g/mol. The molecule has 0 spiro atoms. The van der Waals surface area contributed by atoms with Crippen LogP contribution in [0.5, 0.6) is 0 Å². The Labute approximate surface area is 87.1 Å². The molecule has 1 aromatic heterocycles. The molecule has 0 fully saturated rings. The zero-order chi connectivity index (χ0) is 6.97. The van der Waals surface area contributed by atoms with E-state index in [1.54, 1.807) is 0 Å². The smallest absolute Gasteiger partial charge is 0.170 e. The maximum atomic E-state index is 10.2. The van der Waals surface area contributed by atoms with E-state index in [1.165, 1.54) is 6.42 Å². The van der Waals surface area contributed by atoms with E-state index in [2.05, 4.69) is 4.98 Å². The van der Waals surface area contributed by atoms with Crippen molar-refractivity contribution in [3.63, 3.8) is 0 Å². The van der Waals surface area contributed by atoms with E-state index in [1.807, 2.05) is 10.8 Å². The third kappa shape index (κ3) is 1.55. The Hall–Kier alpha value is -0.120. The first-order valence-corrected chi connectivity index (χ1v) is 3.41. The van der Waals surface area contributed by atoms with Crippen LogP contribution in [0.2, 0.25) is 0 Å². The Bertz CT molecular complexity index is 248. The first-order chi connectivity index (χ1) is 4.90. The summed E-state index contributed by atoms with van der Waals surface area (Å²) in [4.78, 5) is 14.3. The van der Waals surface area contributed by atoms with Crippen LogP contribution in [0.25, 0.3) is 0 Å². The van der Waals surface area contributed by atoms with Crippen LogP contribution in [-0.4, -0.2) is 45.4 Å². The number of fused-ring (bicyclic) bond motifs is 1. The fourth-order valence-electron chi connectivity index (χ4n) is 1.33. The third-order valence-electron chi connectivity index (χ3n) is 1.80. The van der Waals surface area contributed by atoms with Crippen molar-refractivity contribution in [1.82, 2.24) is 9.55 Å². The molecule has 1 aromatic rings. The second-order valence-corrected chi connectivity index (χ2v) is 2.50. The molecule has 0 saturated heterocycles. The Balaban J connectivity index is 0.000000605.